The molecule has 4 aromatic rings. The summed E-state index contributed by atoms with van der Waals surface area (Å²) in [6.07, 6.45) is -0.606. The minimum atomic E-state index is -0.638. The van der Waals surface area contributed by atoms with Gasteiger partial charge in [0.15, 0.2) is 0 Å². The molecule has 3 aromatic carbocycles. The molecule has 0 aliphatic carbocycles. The highest BCUT2D eigenvalue weighted by molar-refractivity contribution is 6.34. The minimum Gasteiger partial charge on any atom is -0.444 e. The second kappa shape index (κ2) is 11.4. The van der Waals surface area contributed by atoms with Crippen LogP contribution < -0.4 is 16.0 Å². The molecule has 9 nitrogen and oxygen atoms in total. The molecule has 0 saturated heterocycles. The van der Waals surface area contributed by atoms with Crippen molar-refractivity contribution >= 4 is 46.7 Å². The van der Waals surface area contributed by atoms with Gasteiger partial charge in [0.1, 0.15) is 11.4 Å². The highest BCUT2D eigenvalue weighted by Gasteiger charge is 2.17. The van der Waals surface area contributed by atoms with Gasteiger partial charge in [0.2, 0.25) is 0 Å². The predicted molar refractivity (Wildman–Crippen MR) is 152 cm³/mol. The van der Waals surface area contributed by atoms with Crippen LogP contribution in [0.4, 0.5) is 22.0 Å². The Morgan fingerprint density at radius 1 is 0.821 bits per heavy atom. The average molecular weight is 546 g/mol. The number of carbonyl (C=O) groups is 3. The van der Waals surface area contributed by atoms with Crippen molar-refractivity contribution in [3.8, 4) is 11.3 Å². The summed E-state index contributed by atoms with van der Waals surface area (Å²) in [5.41, 5.74) is 2.57. The quantitative estimate of drug-likeness (QED) is 0.253. The van der Waals surface area contributed by atoms with E-state index in [4.69, 9.17) is 16.3 Å². The van der Waals surface area contributed by atoms with Gasteiger partial charge in [-0.1, -0.05) is 41.9 Å². The molecule has 0 aliphatic heterocycles. The SMILES string of the molecule is Cn1nc(-c2ccc(NC(=O)c3ccccc3Cl)cc2)cc1NC(=O)c1cccc(NC(=O)OC(C)(C)C)c1. The topological polar surface area (TPSA) is 114 Å². The molecule has 10 heteroatoms. The fraction of sp³-hybridized carbons (Fsp3) is 0.172. The van der Waals surface area contributed by atoms with Crippen LogP contribution in [0.25, 0.3) is 11.3 Å². The first-order valence-electron chi connectivity index (χ1n) is 12.1. The van der Waals surface area contributed by atoms with Crippen LogP contribution in [0.1, 0.15) is 41.5 Å². The van der Waals surface area contributed by atoms with E-state index in [1.165, 1.54) is 0 Å². The van der Waals surface area contributed by atoms with E-state index in [9.17, 15) is 14.4 Å². The van der Waals surface area contributed by atoms with Crippen molar-refractivity contribution < 1.29 is 19.1 Å². The molecule has 4 rings (SSSR count). The van der Waals surface area contributed by atoms with Crippen LogP contribution in [0.2, 0.25) is 5.02 Å². The van der Waals surface area contributed by atoms with E-state index in [-0.39, 0.29) is 11.8 Å². The normalized spacial score (nSPS) is 11.0. The van der Waals surface area contributed by atoms with Crippen LogP contribution in [-0.2, 0) is 11.8 Å². The summed E-state index contributed by atoms with van der Waals surface area (Å²) < 4.78 is 6.82. The Morgan fingerprint density at radius 2 is 1.54 bits per heavy atom. The van der Waals surface area contributed by atoms with E-state index in [0.717, 1.165) is 5.56 Å². The van der Waals surface area contributed by atoms with Gasteiger partial charge < -0.3 is 15.4 Å². The molecule has 0 bridgehead atoms. The molecule has 0 fully saturated rings. The minimum absolute atomic E-state index is 0.304. The van der Waals surface area contributed by atoms with Crippen LogP contribution >= 0.6 is 11.6 Å². The van der Waals surface area contributed by atoms with Crippen LogP contribution in [0.3, 0.4) is 0 Å². The number of nitrogens with one attached hydrogen (secondary N) is 3. The Balaban J connectivity index is 1.42. The molecule has 39 heavy (non-hydrogen) atoms. The van der Waals surface area contributed by atoms with E-state index >= 15 is 0 Å². The lowest BCUT2D eigenvalue weighted by atomic mass is 10.1. The number of hydrogen-bond donors (Lipinski definition) is 3. The lowest BCUT2D eigenvalue weighted by Gasteiger charge is -2.19. The number of aromatic nitrogens is 2. The number of benzene rings is 3. The monoisotopic (exact) mass is 545 g/mol. The van der Waals surface area contributed by atoms with E-state index in [2.05, 4.69) is 21.0 Å². The predicted octanol–water partition coefficient (Wildman–Crippen LogP) is 6.59. The van der Waals surface area contributed by atoms with Crippen LogP contribution in [0, 0.1) is 0 Å². The Labute approximate surface area is 231 Å². The van der Waals surface area contributed by atoms with Crippen LogP contribution in [-0.4, -0.2) is 33.3 Å². The summed E-state index contributed by atoms with van der Waals surface area (Å²) >= 11 is 6.11. The molecule has 0 unspecified atom stereocenters. The fourth-order valence-electron chi connectivity index (χ4n) is 3.64. The first-order valence-corrected chi connectivity index (χ1v) is 12.5. The molecule has 0 atom stereocenters. The summed E-state index contributed by atoms with van der Waals surface area (Å²) in [6.45, 7) is 5.31. The Morgan fingerprint density at radius 3 is 2.23 bits per heavy atom. The number of carbonyl (C=O) groups excluding carboxylic acids is 3. The van der Waals surface area contributed by atoms with Crippen molar-refractivity contribution in [2.75, 3.05) is 16.0 Å². The summed E-state index contributed by atoms with van der Waals surface area (Å²) in [7, 11) is 1.72. The number of nitrogens with zero attached hydrogens (tertiary/aromatic N) is 2. The maximum absolute atomic E-state index is 12.9. The maximum atomic E-state index is 12.9. The first kappa shape index (κ1) is 27.4. The first-order chi connectivity index (χ1) is 18.5. The van der Waals surface area contributed by atoms with E-state index in [1.54, 1.807) is 99.2 Å². The third-order valence-corrected chi connectivity index (χ3v) is 5.78. The van der Waals surface area contributed by atoms with E-state index in [0.29, 0.717) is 39.0 Å². The Bertz CT molecular complexity index is 1520. The molecule has 200 valence electrons. The van der Waals surface area contributed by atoms with E-state index < -0.39 is 11.7 Å². The zero-order valence-electron chi connectivity index (χ0n) is 21.9. The molecule has 0 radical (unpaired) electrons. The molecule has 3 N–H and O–H groups in total. The third kappa shape index (κ3) is 7.24. The lowest BCUT2D eigenvalue weighted by molar-refractivity contribution is 0.0635. The van der Waals surface area contributed by atoms with Crippen molar-refractivity contribution in [1.82, 2.24) is 9.78 Å². The van der Waals surface area contributed by atoms with Gasteiger partial charge in [-0.2, -0.15) is 5.10 Å². The molecule has 0 saturated carbocycles. The number of halogens is 1. The van der Waals surface area contributed by atoms with Gasteiger partial charge >= 0.3 is 6.09 Å². The van der Waals surface area contributed by atoms with Gasteiger partial charge in [0, 0.05) is 35.6 Å². The standard InChI is InChI=1S/C29H28ClN5O4/c1-29(2,3)39-28(38)32-21-9-7-8-19(16-21)26(36)33-25-17-24(34-35(25)4)18-12-14-20(15-13-18)31-27(37)22-10-5-6-11-23(22)30/h5-17H,1-4H3,(H,31,37)(H,32,38)(H,33,36). The van der Waals surface area contributed by atoms with Gasteiger partial charge in [-0.15, -0.1) is 0 Å². The largest absolute Gasteiger partial charge is 0.444 e. The van der Waals surface area contributed by atoms with Gasteiger partial charge in [-0.25, -0.2) is 4.79 Å². The number of ether oxygens (including phenoxy) is 1. The van der Waals surface area contributed by atoms with Gasteiger partial charge in [0.25, 0.3) is 11.8 Å². The van der Waals surface area contributed by atoms with Crippen LogP contribution in [0.5, 0.6) is 0 Å². The van der Waals surface area contributed by atoms with Crippen molar-refractivity contribution in [3.05, 3.63) is 95.0 Å². The Hall–Kier alpha value is -4.63. The maximum Gasteiger partial charge on any atom is 0.412 e. The van der Waals surface area contributed by atoms with Crippen molar-refractivity contribution in [1.29, 1.82) is 0 Å². The Kier molecular flexibility index (Phi) is 8.01. The molecule has 0 aliphatic rings. The van der Waals surface area contributed by atoms with Crippen LogP contribution in [0.15, 0.2) is 78.9 Å². The van der Waals surface area contributed by atoms with E-state index in [1.807, 2.05) is 12.1 Å². The zero-order chi connectivity index (χ0) is 28.2. The number of anilines is 3. The number of rotatable bonds is 6. The van der Waals surface area contributed by atoms with Crippen molar-refractivity contribution in [2.45, 2.75) is 26.4 Å². The molecule has 1 aromatic heterocycles. The van der Waals surface area contributed by atoms with Gasteiger partial charge in [-0.05, 0) is 63.2 Å². The average Bonchev–Trinajstić information content (AvgIpc) is 3.23. The summed E-state index contributed by atoms with van der Waals surface area (Å²) in [4.78, 5) is 37.5. The molecule has 3 amide bonds. The zero-order valence-corrected chi connectivity index (χ0v) is 22.7. The molecular weight excluding hydrogens is 518 g/mol. The second-order valence-corrected chi connectivity index (χ2v) is 10.1. The summed E-state index contributed by atoms with van der Waals surface area (Å²) in [5, 5.41) is 13.2. The third-order valence-electron chi connectivity index (χ3n) is 5.45. The molecule has 0 spiro atoms. The second-order valence-electron chi connectivity index (χ2n) is 9.71. The van der Waals surface area contributed by atoms with Gasteiger partial charge in [0.05, 0.1) is 16.3 Å². The number of amides is 3. The van der Waals surface area contributed by atoms with Crippen molar-refractivity contribution in [3.63, 3.8) is 0 Å². The highest BCUT2D eigenvalue weighted by atomic mass is 35.5. The molecular formula is C29H28ClN5O4. The van der Waals surface area contributed by atoms with Crippen molar-refractivity contribution in [2.24, 2.45) is 7.05 Å². The summed E-state index contributed by atoms with van der Waals surface area (Å²) in [5.74, 6) is -0.187. The number of aryl methyl sites for hydroxylation is 1. The summed E-state index contributed by atoms with van der Waals surface area (Å²) in [6, 6.07) is 22.3. The lowest BCUT2D eigenvalue weighted by Crippen LogP contribution is -2.27. The highest BCUT2D eigenvalue weighted by Crippen LogP contribution is 2.25. The molecule has 1 heterocycles. The van der Waals surface area contributed by atoms with Gasteiger partial charge in [-0.3, -0.25) is 19.6 Å². The number of hydrogen-bond acceptors (Lipinski definition) is 5. The fourth-order valence-corrected chi connectivity index (χ4v) is 3.86. The smallest absolute Gasteiger partial charge is 0.412 e.